The van der Waals surface area contributed by atoms with E-state index in [9.17, 15) is 14.4 Å². The molecule has 2 saturated heterocycles. The van der Waals surface area contributed by atoms with E-state index in [1.807, 2.05) is 0 Å². The average molecular weight is 511 g/mol. The lowest BCUT2D eigenvalue weighted by atomic mass is 10.1. The van der Waals surface area contributed by atoms with Gasteiger partial charge in [-0.1, -0.05) is 0 Å². The molecule has 0 radical (unpaired) electrons. The van der Waals surface area contributed by atoms with Crippen LogP contribution in [0.5, 0.6) is 11.5 Å². The molecule has 2 aliphatic heterocycles. The van der Waals surface area contributed by atoms with Crippen molar-refractivity contribution >= 4 is 29.1 Å². The van der Waals surface area contributed by atoms with E-state index in [-0.39, 0.29) is 36.7 Å². The number of benzene rings is 2. The van der Waals surface area contributed by atoms with E-state index in [0.29, 0.717) is 36.0 Å². The molecule has 0 saturated carbocycles. The molecule has 2 aromatic carbocycles. The summed E-state index contributed by atoms with van der Waals surface area (Å²) in [5.74, 6) is 0.393. The predicted octanol–water partition coefficient (Wildman–Crippen LogP) is 1.90. The van der Waals surface area contributed by atoms with E-state index >= 15 is 0 Å². The van der Waals surface area contributed by atoms with E-state index in [0.717, 1.165) is 39.3 Å². The Labute approximate surface area is 216 Å². The van der Waals surface area contributed by atoms with Gasteiger partial charge in [-0.2, -0.15) is 0 Å². The molecule has 4 rings (SSSR count). The van der Waals surface area contributed by atoms with E-state index in [1.165, 1.54) is 0 Å². The summed E-state index contributed by atoms with van der Waals surface area (Å²) in [5, 5.41) is 5.73. The first-order chi connectivity index (χ1) is 18.0. The summed E-state index contributed by atoms with van der Waals surface area (Å²) < 4.78 is 16.0. The number of methoxy groups -OCH3 is 1. The number of nitrogens with one attached hydrogen (secondary N) is 2. The first kappa shape index (κ1) is 26.4. The van der Waals surface area contributed by atoms with Crippen molar-refractivity contribution in [3.05, 3.63) is 48.5 Å². The fourth-order valence-electron chi connectivity index (χ4n) is 4.36. The second kappa shape index (κ2) is 13.1. The first-order valence-electron chi connectivity index (χ1n) is 12.6. The molecule has 0 aromatic heterocycles. The highest BCUT2D eigenvalue weighted by Gasteiger charge is 2.35. The molecule has 2 aromatic rings. The molecule has 37 heavy (non-hydrogen) atoms. The Hall–Kier alpha value is -3.63. The lowest BCUT2D eigenvalue weighted by Gasteiger charge is -2.26. The van der Waals surface area contributed by atoms with Gasteiger partial charge in [-0.05, 0) is 61.5 Å². The molecule has 2 N–H and O–H groups in total. The topological polar surface area (TPSA) is 109 Å². The van der Waals surface area contributed by atoms with Crippen molar-refractivity contribution in [1.82, 2.24) is 10.2 Å². The molecule has 0 bridgehead atoms. The van der Waals surface area contributed by atoms with Gasteiger partial charge in [0.1, 0.15) is 11.5 Å². The maximum atomic E-state index is 12.6. The zero-order chi connectivity index (χ0) is 26.0. The Bertz CT molecular complexity index is 1050. The van der Waals surface area contributed by atoms with Gasteiger partial charge in [0.15, 0.2) is 6.61 Å². The summed E-state index contributed by atoms with van der Waals surface area (Å²) in [5.41, 5.74) is 1.34. The number of carbonyl (C=O) groups excluding carboxylic acids is 3. The summed E-state index contributed by atoms with van der Waals surface area (Å²) in [4.78, 5) is 41.3. The highest BCUT2D eigenvalue weighted by atomic mass is 16.5. The molecular formula is C27H34N4O6. The van der Waals surface area contributed by atoms with Gasteiger partial charge in [0.25, 0.3) is 5.91 Å². The Morgan fingerprint density at radius 1 is 1.03 bits per heavy atom. The summed E-state index contributed by atoms with van der Waals surface area (Å²) in [6.45, 7) is 5.11. The van der Waals surface area contributed by atoms with Gasteiger partial charge in [0.2, 0.25) is 11.8 Å². The van der Waals surface area contributed by atoms with Crippen molar-refractivity contribution in [2.45, 2.75) is 12.8 Å². The Morgan fingerprint density at radius 3 is 2.43 bits per heavy atom. The second-order valence-electron chi connectivity index (χ2n) is 9.06. The molecule has 2 heterocycles. The summed E-state index contributed by atoms with van der Waals surface area (Å²) in [7, 11) is 1.58. The smallest absolute Gasteiger partial charge is 0.262 e. The minimum absolute atomic E-state index is 0.0824. The SMILES string of the molecule is COc1ccc(NC(=O)COc2ccc(N3C[C@@H](C(=O)NCCCN4CCOCC4)CC3=O)cc2)cc1. The summed E-state index contributed by atoms with van der Waals surface area (Å²) in [6, 6.07) is 14.0. The predicted molar refractivity (Wildman–Crippen MR) is 139 cm³/mol. The molecule has 2 fully saturated rings. The minimum atomic E-state index is -0.367. The maximum Gasteiger partial charge on any atom is 0.262 e. The largest absolute Gasteiger partial charge is 0.497 e. The Balaban J connectivity index is 1.18. The van der Waals surface area contributed by atoms with Gasteiger partial charge in [-0.3, -0.25) is 19.3 Å². The van der Waals surface area contributed by atoms with Crippen molar-refractivity contribution in [2.75, 3.05) is 69.9 Å². The number of rotatable bonds is 11. The number of anilines is 2. The standard InChI is InChI=1S/C27H34N4O6/c1-35-23-7-3-21(4-8-23)29-25(32)19-37-24-9-5-22(6-10-24)31-18-20(17-26(31)33)27(34)28-11-2-12-30-13-15-36-16-14-30/h3-10,20H,2,11-19H2,1H3,(H,28,34)(H,29,32)/t20-/m0/s1. The number of hydrogen-bond donors (Lipinski definition) is 2. The van der Waals surface area contributed by atoms with Crippen molar-refractivity contribution in [1.29, 1.82) is 0 Å². The van der Waals surface area contributed by atoms with Gasteiger partial charge >= 0.3 is 0 Å². The van der Waals surface area contributed by atoms with Gasteiger partial charge in [-0.25, -0.2) is 0 Å². The zero-order valence-electron chi connectivity index (χ0n) is 21.1. The Morgan fingerprint density at radius 2 is 1.73 bits per heavy atom. The highest BCUT2D eigenvalue weighted by Crippen LogP contribution is 2.27. The lowest BCUT2D eigenvalue weighted by molar-refractivity contribution is -0.126. The summed E-state index contributed by atoms with van der Waals surface area (Å²) >= 11 is 0. The van der Waals surface area contributed by atoms with Crippen molar-refractivity contribution in [3.8, 4) is 11.5 Å². The molecule has 198 valence electrons. The van der Waals surface area contributed by atoms with E-state index in [2.05, 4.69) is 15.5 Å². The molecule has 0 unspecified atom stereocenters. The van der Waals surface area contributed by atoms with Crippen molar-refractivity contribution < 1.29 is 28.6 Å². The fraction of sp³-hybridized carbons (Fsp3) is 0.444. The van der Waals surface area contributed by atoms with Gasteiger partial charge < -0.3 is 29.7 Å². The fourth-order valence-corrected chi connectivity index (χ4v) is 4.36. The maximum absolute atomic E-state index is 12.6. The highest BCUT2D eigenvalue weighted by molar-refractivity contribution is 6.00. The lowest BCUT2D eigenvalue weighted by Crippen LogP contribution is -2.39. The molecule has 2 aliphatic rings. The third-order valence-electron chi connectivity index (χ3n) is 6.44. The van der Waals surface area contributed by atoms with Gasteiger partial charge in [0.05, 0.1) is 26.2 Å². The molecule has 1 atom stereocenters. The van der Waals surface area contributed by atoms with Crippen LogP contribution in [0.1, 0.15) is 12.8 Å². The average Bonchev–Trinajstić information content (AvgIpc) is 3.32. The van der Waals surface area contributed by atoms with E-state index < -0.39 is 0 Å². The van der Waals surface area contributed by atoms with Crippen LogP contribution in [0.4, 0.5) is 11.4 Å². The van der Waals surface area contributed by atoms with Crippen LogP contribution in [0.3, 0.4) is 0 Å². The number of hydrogen-bond acceptors (Lipinski definition) is 7. The molecule has 10 heteroatoms. The van der Waals surface area contributed by atoms with Crippen LogP contribution >= 0.6 is 0 Å². The zero-order valence-corrected chi connectivity index (χ0v) is 21.1. The molecule has 10 nitrogen and oxygen atoms in total. The number of amides is 3. The first-order valence-corrected chi connectivity index (χ1v) is 12.6. The molecule has 3 amide bonds. The van der Waals surface area contributed by atoms with Gasteiger partial charge in [0, 0.05) is 44.0 Å². The van der Waals surface area contributed by atoms with Crippen LogP contribution in [0.2, 0.25) is 0 Å². The molecule has 0 spiro atoms. The number of morpholine rings is 1. The molecular weight excluding hydrogens is 476 g/mol. The minimum Gasteiger partial charge on any atom is -0.497 e. The third-order valence-corrected chi connectivity index (χ3v) is 6.44. The van der Waals surface area contributed by atoms with Crippen LogP contribution in [-0.2, 0) is 19.1 Å². The van der Waals surface area contributed by atoms with Crippen LogP contribution in [0, 0.1) is 5.92 Å². The van der Waals surface area contributed by atoms with Gasteiger partial charge in [-0.15, -0.1) is 0 Å². The Kier molecular flexibility index (Phi) is 9.34. The molecule has 0 aliphatic carbocycles. The monoisotopic (exact) mass is 510 g/mol. The second-order valence-corrected chi connectivity index (χ2v) is 9.06. The van der Waals surface area contributed by atoms with E-state index in [1.54, 1.807) is 60.5 Å². The van der Waals surface area contributed by atoms with Crippen molar-refractivity contribution in [2.24, 2.45) is 5.92 Å². The normalized spacial score (nSPS) is 17.9. The third kappa shape index (κ3) is 7.68. The summed E-state index contributed by atoms with van der Waals surface area (Å²) in [6.07, 6.45) is 1.06. The number of ether oxygens (including phenoxy) is 3. The van der Waals surface area contributed by atoms with Crippen LogP contribution in [-0.4, -0.2) is 82.3 Å². The van der Waals surface area contributed by atoms with Crippen LogP contribution in [0.15, 0.2) is 48.5 Å². The number of carbonyl (C=O) groups is 3. The van der Waals surface area contributed by atoms with Crippen molar-refractivity contribution in [3.63, 3.8) is 0 Å². The quantitative estimate of drug-likeness (QED) is 0.445. The van der Waals surface area contributed by atoms with Crippen LogP contribution in [0.25, 0.3) is 0 Å². The number of nitrogens with zero attached hydrogens (tertiary/aromatic N) is 2. The van der Waals surface area contributed by atoms with Crippen LogP contribution < -0.4 is 25.0 Å². The van der Waals surface area contributed by atoms with E-state index in [4.69, 9.17) is 14.2 Å².